The van der Waals surface area contributed by atoms with Crippen molar-refractivity contribution in [2.24, 2.45) is 0 Å². The lowest BCUT2D eigenvalue weighted by atomic mass is 10.1. The monoisotopic (exact) mass is 373 g/mol. The molecule has 0 aliphatic carbocycles. The fraction of sp³-hybridized carbons (Fsp3) is 0.400. The summed E-state index contributed by atoms with van der Waals surface area (Å²) in [6.45, 7) is 2.40. The van der Waals surface area contributed by atoms with E-state index < -0.39 is 0 Å². The minimum atomic E-state index is -0.371. The molecule has 0 fully saturated rings. The number of benzene rings is 1. The molecule has 2 N–H and O–H groups in total. The first-order chi connectivity index (χ1) is 10.1. The van der Waals surface area contributed by atoms with Gasteiger partial charge in [-0.2, -0.15) is 0 Å². The molecular formula is C15H17BrClNO3. The van der Waals surface area contributed by atoms with Crippen molar-refractivity contribution in [3.05, 3.63) is 32.9 Å². The molecule has 114 valence electrons. The van der Waals surface area contributed by atoms with Crippen LogP contribution in [0.25, 0.3) is 10.9 Å². The molecule has 0 aliphatic heterocycles. The lowest BCUT2D eigenvalue weighted by Gasteiger charge is -2.04. The number of carbonyl (C=O) groups excluding carboxylic acids is 1. The molecule has 0 spiro atoms. The molecule has 0 radical (unpaired) electrons. The summed E-state index contributed by atoms with van der Waals surface area (Å²) in [5.74, 6) is -0.371. The van der Waals surface area contributed by atoms with E-state index in [9.17, 15) is 4.79 Å². The Bertz CT molecular complexity index is 654. The fourth-order valence-corrected chi connectivity index (χ4v) is 2.82. The highest BCUT2D eigenvalue weighted by Gasteiger charge is 2.20. The summed E-state index contributed by atoms with van der Waals surface area (Å²) in [5, 5.41) is 10.5. The number of aromatic amines is 1. The van der Waals surface area contributed by atoms with Gasteiger partial charge in [0.2, 0.25) is 0 Å². The topological polar surface area (TPSA) is 62.3 Å². The van der Waals surface area contributed by atoms with E-state index >= 15 is 0 Å². The summed E-state index contributed by atoms with van der Waals surface area (Å²) in [5.41, 5.74) is 2.08. The van der Waals surface area contributed by atoms with Gasteiger partial charge in [0, 0.05) is 12.0 Å². The molecule has 0 aliphatic rings. The number of nitrogens with one attached hydrogen (secondary N) is 1. The summed E-state index contributed by atoms with van der Waals surface area (Å²) >= 11 is 9.53. The van der Waals surface area contributed by atoms with E-state index in [1.807, 2.05) is 13.0 Å². The maximum atomic E-state index is 12.2. The van der Waals surface area contributed by atoms with Gasteiger partial charge >= 0.3 is 5.97 Å². The number of aryl methyl sites for hydroxylation is 1. The Balaban J connectivity index is 2.51. The van der Waals surface area contributed by atoms with Crippen molar-refractivity contribution in [3.63, 3.8) is 0 Å². The summed E-state index contributed by atoms with van der Waals surface area (Å²) in [6, 6.07) is 3.66. The van der Waals surface area contributed by atoms with E-state index in [4.69, 9.17) is 21.4 Å². The standard InChI is InChI=1S/C15H17BrClNO3/c1-2-8-21-15(20)14-9(4-3-7-19)10-5-6-11(17)12(16)13(10)18-14/h5-6,18-19H,2-4,7-8H2,1H3. The third-order valence-corrected chi connectivity index (χ3v) is 4.56. The van der Waals surface area contributed by atoms with Crippen molar-refractivity contribution < 1.29 is 14.6 Å². The molecule has 0 saturated carbocycles. The molecule has 0 amide bonds. The van der Waals surface area contributed by atoms with Gasteiger partial charge in [-0.3, -0.25) is 0 Å². The van der Waals surface area contributed by atoms with Crippen LogP contribution in [0.15, 0.2) is 16.6 Å². The SMILES string of the molecule is CCCOC(=O)c1[nH]c2c(Br)c(Cl)ccc2c1CCCO. The van der Waals surface area contributed by atoms with Crippen molar-refractivity contribution in [1.29, 1.82) is 0 Å². The second kappa shape index (κ2) is 7.29. The van der Waals surface area contributed by atoms with Crippen LogP contribution in [-0.2, 0) is 11.2 Å². The molecule has 21 heavy (non-hydrogen) atoms. The Morgan fingerprint density at radius 3 is 2.90 bits per heavy atom. The Kier molecular flexibility index (Phi) is 5.67. The van der Waals surface area contributed by atoms with Gasteiger partial charge in [0.05, 0.1) is 21.6 Å². The van der Waals surface area contributed by atoms with E-state index in [2.05, 4.69) is 20.9 Å². The van der Waals surface area contributed by atoms with E-state index in [1.165, 1.54) is 0 Å². The number of hydrogen-bond donors (Lipinski definition) is 2. The Labute approximate surface area is 136 Å². The number of aliphatic hydroxyl groups excluding tert-OH is 1. The van der Waals surface area contributed by atoms with Crippen molar-refractivity contribution in [3.8, 4) is 0 Å². The van der Waals surface area contributed by atoms with Gasteiger partial charge < -0.3 is 14.8 Å². The largest absolute Gasteiger partial charge is 0.461 e. The predicted molar refractivity (Wildman–Crippen MR) is 87.0 cm³/mol. The van der Waals surface area contributed by atoms with Crippen LogP contribution in [0, 0.1) is 0 Å². The minimum absolute atomic E-state index is 0.0743. The van der Waals surface area contributed by atoms with E-state index in [1.54, 1.807) is 6.07 Å². The number of aromatic nitrogens is 1. The summed E-state index contributed by atoms with van der Waals surface area (Å²) in [7, 11) is 0. The van der Waals surface area contributed by atoms with Crippen LogP contribution in [-0.4, -0.2) is 29.3 Å². The summed E-state index contributed by atoms with van der Waals surface area (Å²) in [6.07, 6.45) is 1.95. The fourth-order valence-electron chi connectivity index (χ4n) is 2.22. The second-order valence-electron chi connectivity index (χ2n) is 4.73. The van der Waals surface area contributed by atoms with Gasteiger partial charge in [0.25, 0.3) is 0 Å². The lowest BCUT2D eigenvalue weighted by molar-refractivity contribution is 0.0498. The van der Waals surface area contributed by atoms with Crippen LogP contribution in [0.5, 0.6) is 0 Å². The van der Waals surface area contributed by atoms with Crippen LogP contribution in [0.1, 0.15) is 35.8 Å². The number of fused-ring (bicyclic) bond motifs is 1. The zero-order valence-electron chi connectivity index (χ0n) is 11.7. The number of ether oxygens (including phenoxy) is 1. The van der Waals surface area contributed by atoms with E-state index in [0.717, 1.165) is 27.4 Å². The molecule has 4 nitrogen and oxygen atoms in total. The van der Waals surface area contributed by atoms with Crippen LogP contribution < -0.4 is 0 Å². The molecular weight excluding hydrogens is 358 g/mol. The molecule has 0 unspecified atom stereocenters. The molecule has 0 saturated heterocycles. The Morgan fingerprint density at radius 2 is 2.24 bits per heavy atom. The molecule has 2 aromatic rings. The number of hydrogen-bond acceptors (Lipinski definition) is 3. The number of H-pyrrole nitrogens is 1. The molecule has 2 rings (SSSR count). The maximum absolute atomic E-state index is 12.2. The van der Waals surface area contributed by atoms with Gasteiger partial charge in [0.1, 0.15) is 5.69 Å². The zero-order chi connectivity index (χ0) is 15.4. The second-order valence-corrected chi connectivity index (χ2v) is 5.93. The third-order valence-electron chi connectivity index (χ3n) is 3.20. The smallest absolute Gasteiger partial charge is 0.355 e. The minimum Gasteiger partial charge on any atom is -0.461 e. The first-order valence-electron chi connectivity index (χ1n) is 6.86. The molecule has 1 heterocycles. The van der Waals surface area contributed by atoms with Crippen LogP contribution in [0.4, 0.5) is 0 Å². The van der Waals surface area contributed by atoms with Gasteiger partial charge in [-0.15, -0.1) is 0 Å². The third kappa shape index (κ3) is 3.42. The summed E-state index contributed by atoms with van der Waals surface area (Å²) < 4.78 is 5.94. The first kappa shape index (κ1) is 16.3. The van der Waals surface area contributed by atoms with Crippen LogP contribution >= 0.6 is 27.5 Å². The highest BCUT2D eigenvalue weighted by molar-refractivity contribution is 9.10. The molecule has 0 bridgehead atoms. The zero-order valence-corrected chi connectivity index (χ0v) is 14.1. The summed E-state index contributed by atoms with van der Waals surface area (Å²) in [4.78, 5) is 15.3. The van der Waals surface area contributed by atoms with Gasteiger partial charge in [-0.05, 0) is 46.8 Å². The quantitative estimate of drug-likeness (QED) is 0.749. The number of aliphatic hydroxyl groups is 1. The number of carbonyl (C=O) groups is 1. The average Bonchev–Trinajstić information content (AvgIpc) is 2.85. The molecule has 1 aromatic heterocycles. The first-order valence-corrected chi connectivity index (χ1v) is 8.03. The van der Waals surface area contributed by atoms with E-state index in [-0.39, 0.29) is 12.6 Å². The highest BCUT2D eigenvalue weighted by Crippen LogP contribution is 2.34. The highest BCUT2D eigenvalue weighted by atomic mass is 79.9. The molecule has 6 heteroatoms. The van der Waals surface area contributed by atoms with Crippen LogP contribution in [0.2, 0.25) is 5.02 Å². The average molecular weight is 375 g/mol. The number of esters is 1. The predicted octanol–water partition coefficient (Wildman–Crippen LogP) is 4.08. The Hall–Kier alpha value is -1.04. The van der Waals surface area contributed by atoms with Crippen molar-refractivity contribution >= 4 is 44.4 Å². The van der Waals surface area contributed by atoms with Crippen molar-refractivity contribution in [1.82, 2.24) is 4.98 Å². The van der Waals surface area contributed by atoms with Gasteiger partial charge in [0.15, 0.2) is 0 Å². The van der Waals surface area contributed by atoms with Gasteiger partial charge in [-0.25, -0.2) is 4.79 Å². The molecule has 0 atom stereocenters. The van der Waals surface area contributed by atoms with Crippen LogP contribution in [0.3, 0.4) is 0 Å². The number of rotatable bonds is 6. The number of halogens is 2. The lowest BCUT2D eigenvalue weighted by Crippen LogP contribution is -2.09. The van der Waals surface area contributed by atoms with E-state index in [0.29, 0.717) is 30.2 Å². The van der Waals surface area contributed by atoms with Crippen molar-refractivity contribution in [2.45, 2.75) is 26.2 Å². The maximum Gasteiger partial charge on any atom is 0.355 e. The molecule has 1 aromatic carbocycles. The Morgan fingerprint density at radius 1 is 1.48 bits per heavy atom. The van der Waals surface area contributed by atoms with Crippen molar-refractivity contribution in [2.75, 3.05) is 13.2 Å². The van der Waals surface area contributed by atoms with Gasteiger partial charge in [-0.1, -0.05) is 24.6 Å². The normalized spacial score (nSPS) is 11.0.